The van der Waals surface area contributed by atoms with Gasteiger partial charge in [-0.2, -0.15) is 5.10 Å². The van der Waals surface area contributed by atoms with E-state index in [-0.39, 0.29) is 5.91 Å². The van der Waals surface area contributed by atoms with Crippen LogP contribution in [0.5, 0.6) is 0 Å². The molecular weight excluding hydrogens is 450 g/mol. The third kappa shape index (κ3) is 5.33. The molecule has 0 unspecified atom stereocenters. The summed E-state index contributed by atoms with van der Waals surface area (Å²) in [5, 5.41) is 16.2. The van der Waals surface area contributed by atoms with Crippen molar-refractivity contribution < 1.29 is 4.79 Å². The van der Waals surface area contributed by atoms with E-state index >= 15 is 0 Å². The van der Waals surface area contributed by atoms with Gasteiger partial charge in [0, 0.05) is 5.75 Å². The average Bonchev–Trinajstić information content (AvgIpc) is 3.32. The molecule has 0 aliphatic carbocycles. The molecule has 1 amide bonds. The van der Waals surface area contributed by atoms with Gasteiger partial charge in [-0.3, -0.25) is 10.1 Å². The molecule has 0 aliphatic rings. The van der Waals surface area contributed by atoms with Crippen LogP contribution in [0.25, 0.3) is 0 Å². The number of nitrogens with zero attached hydrogens (tertiary/aromatic N) is 4. The molecule has 158 valence electrons. The number of anilines is 1. The van der Waals surface area contributed by atoms with E-state index in [9.17, 15) is 4.79 Å². The molecule has 4 aromatic rings. The molecule has 0 atom stereocenters. The number of aromatic nitrogens is 4. The van der Waals surface area contributed by atoms with Crippen molar-refractivity contribution in [2.45, 2.75) is 30.5 Å². The van der Waals surface area contributed by atoms with E-state index in [0.29, 0.717) is 28.1 Å². The summed E-state index contributed by atoms with van der Waals surface area (Å²) in [7, 11) is 0. The molecule has 1 N–H and O–H groups in total. The molecule has 2 heterocycles. The van der Waals surface area contributed by atoms with Gasteiger partial charge in [0.2, 0.25) is 5.13 Å². The second-order valence-corrected chi connectivity index (χ2v) is 9.55. The van der Waals surface area contributed by atoms with Crippen molar-refractivity contribution in [2.24, 2.45) is 0 Å². The van der Waals surface area contributed by atoms with E-state index in [1.165, 1.54) is 22.5 Å². The molecule has 0 aliphatic heterocycles. The highest BCUT2D eigenvalue weighted by Gasteiger charge is 2.21. The van der Waals surface area contributed by atoms with Crippen LogP contribution in [0.1, 0.15) is 32.7 Å². The minimum Gasteiger partial charge on any atom is -0.296 e. The standard InChI is InChI=1S/C22H20ClN5OS2/c1-14-8-10-16(11-9-14)12-28-19(23)18(15(2)27-28)20(29)24-21-25-26-22(31-21)30-13-17-6-4-3-5-7-17/h3-11H,12-13H2,1-2H3,(H,24,25,29). The highest BCUT2D eigenvalue weighted by atomic mass is 35.5. The summed E-state index contributed by atoms with van der Waals surface area (Å²) < 4.78 is 2.43. The predicted octanol–water partition coefficient (Wildman–Crippen LogP) is 5.60. The molecule has 0 radical (unpaired) electrons. The summed E-state index contributed by atoms with van der Waals surface area (Å²) in [4.78, 5) is 12.8. The fourth-order valence-corrected chi connectivity index (χ4v) is 5.00. The summed E-state index contributed by atoms with van der Waals surface area (Å²) in [6.07, 6.45) is 0. The Hall–Kier alpha value is -2.68. The van der Waals surface area contributed by atoms with Gasteiger partial charge in [0.25, 0.3) is 5.91 Å². The van der Waals surface area contributed by atoms with E-state index in [0.717, 1.165) is 15.7 Å². The SMILES string of the molecule is Cc1ccc(Cn2nc(C)c(C(=O)Nc3nnc(SCc4ccccc4)s3)c2Cl)cc1. The molecule has 0 bridgehead atoms. The number of hydrogen-bond donors (Lipinski definition) is 1. The zero-order chi connectivity index (χ0) is 21.8. The van der Waals surface area contributed by atoms with Crippen molar-refractivity contribution in [1.29, 1.82) is 0 Å². The minimum atomic E-state index is -0.339. The lowest BCUT2D eigenvalue weighted by Gasteiger charge is -2.05. The van der Waals surface area contributed by atoms with Gasteiger partial charge in [0.15, 0.2) is 4.34 Å². The third-order valence-corrected chi connectivity index (χ3v) is 7.00. The van der Waals surface area contributed by atoms with Crippen molar-refractivity contribution >= 4 is 45.7 Å². The van der Waals surface area contributed by atoms with Crippen molar-refractivity contribution in [3.63, 3.8) is 0 Å². The highest BCUT2D eigenvalue weighted by Crippen LogP contribution is 2.29. The van der Waals surface area contributed by atoms with Crippen LogP contribution in [-0.4, -0.2) is 25.9 Å². The van der Waals surface area contributed by atoms with Gasteiger partial charge in [0.05, 0.1) is 17.8 Å². The van der Waals surface area contributed by atoms with Gasteiger partial charge in [-0.25, -0.2) is 4.68 Å². The van der Waals surface area contributed by atoms with E-state index in [1.807, 2.05) is 49.4 Å². The smallest absolute Gasteiger partial charge is 0.262 e. The fourth-order valence-electron chi connectivity index (χ4n) is 2.98. The molecule has 2 aromatic carbocycles. The number of amides is 1. The Morgan fingerprint density at radius 3 is 2.55 bits per heavy atom. The van der Waals surface area contributed by atoms with Gasteiger partial charge >= 0.3 is 0 Å². The van der Waals surface area contributed by atoms with E-state index < -0.39 is 0 Å². The molecule has 4 rings (SSSR count). The van der Waals surface area contributed by atoms with E-state index in [4.69, 9.17) is 11.6 Å². The Morgan fingerprint density at radius 1 is 1.06 bits per heavy atom. The number of benzene rings is 2. The summed E-state index contributed by atoms with van der Waals surface area (Å²) in [5.41, 5.74) is 4.37. The number of hydrogen-bond acceptors (Lipinski definition) is 6. The quantitative estimate of drug-likeness (QED) is 0.282. The normalized spacial score (nSPS) is 10.9. The Morgan fingerprint density at radius 2 is 1.81 bits per heavy atom. The predicted molar refractivity (Wildman–Crippen MR) is 126 cm³/mol. The Balaban J connectivity index is 1.42. The van der Waals surface area contributed by atoms with Gasteiger partial charge in [-0.05, 0) is 25.0 Å². The lowest BCUT2D eigenvalue weighted by atomic mass is 10.1. The number of aryl methyl sites for hydroxylation is 2. The number of thioether (sulfide) groups is 1. The first kappa shape index (κ1) is 21.5. The molecule has 31 heavy (non-hydrogen) atoms. The number of carbonyl (C=O) groups excluding carboxylic acids is 1. The second kappa shape index (κ2) is 9.64. The lowest BCUT2D eigenvalue weighted by molar-refractivity contribution is 0.102. The first-order chi connectivity index (χ1) is 15.0. The maximum atomic E-state index is 12.8. The van der Waals surface area contributed by atoms with Crippen LogP contribution in [0, 0.1) is 13.8 Å². The molecule has 0 spiro atoms. The molecule has 2 aromatic heterocycles. The van der Waals surface area contributed by atoms with Crippen molar-refractivity contribution in [3.8, 4) is 0 Å². The van der Waals surface area contributed by atoms with Crippen molar-refractivity contribution in [2.75, 3.05) is 5.32 Å². The number of halogens is 1. The van der Waals surface area contributed by atoms with Crippen LogP contribution in [0.4, 0.5) is 5.13 Å². The Labute approximate surface area is 193 Å². The van der Waals surface area contributed by atoms with Crippen LogP contribution in [0.2, 0.25) is 5.15 Å². The van der Waals surface area contributed by atoms with Crippen molar-refractivity contribution in [3.05, 3.63) is 87.7 Å². The average molecular weight is 470 g/mol. The summed E-state index contributed by atoms with van der Waals surface area (Å²) in [6.45, 7) is 4.30. The zero-order valence-electron chi connectivity index (χ0n) is 17.0. The van der Waals surface area contributed by atoms with E-state index in [1.54, 1.807) is 23.4 Å². The van der Waals surface area contributed by atoms with Crippen LogP contribution >= 0.6 is 34.7 Å². The molecule has 0 saturated carbocycles. The third-order valence-electron chi connectivity index (χ3n) is 4.58. The monoisotopic (exact) mass is 469 g/mol. The summed E-state index contributed by atoms with van der Waals surface area (Å²) >= 11 is 9.41. The van der Waals surface area contributed by atoms with Gasteiger partial charge in [0.1, 0.15) is 5.15 Å². The Bertz CT molecular complexity index is 1190. The van der Waals surface area contributed by atoms with Crippen LogP contribution in [0.15, 0.2) is 58.9 Å². The lowest BCUT2D eigenvalue weighted by Crippen LogP contribution is -2.13. The zero-order valence-corrected chi connectivity index (χ0v) is 19.4. The maximum Gasteiger partial charge on any atom is 0.262 e. The highest BCUT2D eigenvalue weighted by molar-refractivity contribution is 8.00. The Kier molecular flexibility index (Phi) is 6.70. The van der Waals surface area contributed by atoms with Gasteiger partial charge < -0.3 is 0 Å². The number of carbonyl (C=O) groups is 1. The summed E-state index contributed by atoms with van der Waals surface area (Å²) in [6, 6.07) is 18.3. The first-order valence-corrected chi connectivity index (χ1v) is 11.8. The summed E-state index contributed by atoms with van der Waals surface area (Å²) in [5.74, 6) is 0.452. The fraction of sp³-hybridized carbons (Fsp3) is 0.182. The van der Waals surface area contributed by atoms with Gasteiger partial charge in [-0.15, -0.1) is 10.2 Å². The second-order valence-electron chi connectivity index (χ2n) is 7.00. The largest absolute Gasteiger partial charge is 0.296 e. The number of nitrogens with one attached hydrogen (secondary N) is 1. The topological polar surface area (TPSA) is 72.7 Å². The first-order valence-electron chi connectivity index (χ1n) is 9.59. The number of rotatable bonds is 7. The molecule has 0 saturated heterocycles. The molecule has 9 heteroatoms. The van der Waals surface area contributed by atoms with E-state index in [2.05, 4.69) is 32.7 Å². The molecular formula is C22H20ClN5OS2. The maximum absolute atomic E-state index is 12.8. The van der Waals surface area contributed by atoms with Gasteiger partial charge in [-0.1, -0.05) is 94.9 Å². The minimum absolute atomic E-state index is 0.304. The van der Waals surface area contributed by atoms with Crippen molar-refractivity contribution in [1.82, 2.24) is 20.0 Å². The molecule has 6 nitrogen and oxygen atoms in total. The van der Waals surface area contributed by atoms with Crippen LogP contribution in [-0.2, 0) is 12.3 Å². The molecule has 0 fully saturated rings. The van der Waals surface area contributed by atoms with Crippen LogP contribution in [0.3, 0.4) is 0 Å². The van der Waals surface area contributed by atoms with Crippen LogP contribution < -0.4 is 5.32 Å².